The Morgan fingerprint density at radius 2 is 1.70 bits per heavy atom. The van der Waals surface area contributed by atoms with Crippen molar-refractivity contribution in [2.45, 2.75) is 0 Å². The molecule has 106 valence electrons. The summed E-state index contributed by atoms with van der Waals surface area (Å²) >= 11 is 0. The first kappa shape index (κ1) is 14.2. The Balaban J connectivity index is 2.57. The van der Waals surface area contributed by atoms with Crippen molar-refractivity contribution >= 4 is 27.4 Å². The van der Waals surface area contributed by atoms with Gasteiger partial charge in [-0.1, -0.05) is 12.1 Å². The summed E-state index contributed by atoms with van der Waals surface area (Å²) in [5, 5.41) is 0. The van der Waals surface area contributed by atoms with Crippen molar-refractivity contribution < 1.29 is 17.7 Å². The van der Waals surface area contributed by atoms with E-state index in [2.05, 4.69) is 0 Å². The molecule has 0 aliphatic carbocycles. The first-order valence-corrected chi connectivity index (χ1v) is 7.09. The van der Waals surface area contributed by atoms with Crippen LogP contribution in [0.4, 0.5) is 17.1 Å². The average Bonchev–Trinajstić information content (AvgIpc) is 2.41. The molecule has 0 saturated carbocycles. The molecular weight excluding hydrogens is 280 g/mol. The second kappa shape index (κ2) is 5.40. The van der Waals surface area contributed by atoms with Crippen LogP contribution in [0.2, 0.25) is 0 Å². The minimum Gasteiger partial charge on any atom is -0.497 e. The summed E-state index contributed by atoms with van der Waals surface area (Å²) in [6, 6.07) is 12.6. The minimum absolute atomic E-state index is 0.181. The maximum atomic E-state index is 11.6. The third-order valence-electron chi connectivity index (χ3n) is 2.69. The average molecular weight is 294 g/mol. The van der Waals surface area contributed by atoms with Crippen molar-refractivity contribution in [2.75, 3.05) is 17.1 Å². The zero-order valence-electron chi connectivity index (χ0n) is 10.7. The number of methoxy groups -OCH3 is 1. The Bertz CT molecular complexity index is 699. The molecule has 0 atom stereocenters. The van der Waals surface area contributed by atoms with Gasteiger partial charge in [0.1, 0.15) is 5.75 Å². The van der Waals surface area contributed by atoms with Gasteiger partial charge in [0.15, 0.2) is 0 Å². The number of anilines is 3. The highest BCUT2D eigenvalue weighted by atomic mass is 32.2. The Hall–Kier alpha value is -2.25. The topological polar surface area (TPSA) is 92.9 Å². The highest BCUT2D eigenvalue weighted by Gasteiger charge is 2.23. The standard InChI is InChI=1S/C13H14N2O4S/c1-19-11-8-6-10(7-9-11)15(20(16,17)18)13-5-3-2-4-12(13)14/h2-9H,14H2,1H3,(H,16,17,18). The van der Waals surface area contributed by atoms with Crippen molar-refractivity contribution in [3.63, 3.8) is 0 Å². The number of nitrogen functional groups attached to an aromatic ring is 1. The lowest BCUT2D eigenvalue weighted by molar-refractivity contribution is 0.415. The number of ether oxygens (including phenoxy) is 1. The molecule has 0 radical (unpaired) electrons. The number of nitrogens with two attached hydrogens (primary N) is 1. The Morgan fingerprint density at radius 3 is 2.20 bits per heavy atom. The first-order valence-electron chi connectivity index (χ1n) is 5.70. The molecule has 0 amide bonds. The number of hydrogen-bond acceptors (Lipinski definition) is 4. The van der Waals surface area contributed by atoms with Crippen LogP contribution in [0.5, 0.6) is 5.75 Å². The predicted molar refractivity (Wildman–Crippen MR) is 77.5 cm³/mol. The van der Waals surface area contributed by atoms with Crippen molar-refractivity contribution in [1.29, 1.82) is 0 Å². The summed E-state index contributed by atoms with van der Waals surface area (Å²) in [5.41, 5.74) is 6.44. The van der Waals surface area contributed by atoms with Crippen molar-refractivity contribution in [3.8, 4) is 5.75 Å². The lowest BCUT2D eigenvalue weighted by Crippen LogP contribution is -2.25. The number of rotatable bonds is 4. The fourth-order valence-electron chi connectivity index (χ4n) is 1.79. The summed E-state index contributed by atoms with van der Waals surface area (Å²) in [6.07, 6.45) is 0. The molecule has 0 unspecified atom stereocenters. The molecule has 3 N–H and O–H groups in total. The largest absolute Gasteiger partial charge is 0.497 e. The van der Waals surface area contributed by atoms with Crippen LogP contribution in [0.15, 0.2) is 48.5 Å². The first-order chi connectivity index (χ1) is 9.43. The van der Waals surface area contributed by atoms with Gasteiger partial charge in [-0.3, -0.25) is 4.55 Å². The van der Waals surface area contributed by atoms with Crippen LogP contribution < -0.4 is 14.8 Å². The number of nitrogens with zero attached hydrogens (tertiary/aromatic N) is 1. The number of para-hydroxylation sites is 2. The van der Waals surface area contributed by atoms with Crippen LogP contribution in [0.3, 0.4) is 0 Å². The van der Waals surface area contributed by atoms with Gasteiger partial charge in [-0.2, -0.15) is 8.42 Å². The quantitative estimate of drug-likeness (QED) is 0.666. The normalized spacial score (nSPS) is 11.1. The van der Waals surface area contributed by atoms with E-state index in [1.807, 2.05) is 0 Å². The van der Waals surface area contributed by atoms with E-state index in [1.165, 1.54) is 25.3 Å². The van der Waals surface area contributed by atoms with Crippen molar-refractivity contribution in [1.82, 2.24) is 0 Å². The Labute approximate surface area is 117 Å². The van der Waals surface area contributed by atoms with Crippen LogP contribution in [0, 0.1) is 0 Å². The van der Waals surface area contributed by atoms with Gasteiger partial charge in [-0.25, -0.2) is 4.31 Å². The van der Waals surface area contributed by atoms with Crippen LogP contribution in [-0.4, -0.2) is 20.1 Å². The Morgan fingerprint density at radius 1 is 1.10 bits per heavy atom. The monoisotopic (exact) mass is 294 g/mol. The molecule has 0 aliphatic rings. The zero-order valence-corrected chi connectivity index (χ0v) is 11.5. The number of benzene rings is 2. The van der Waals surface area contributed by atoms with Crippen molar-refractivity contribution in [3.05, 3.63) is 48.5 Å². The van der Waals surface area contributed by atoms with E-state index in [-0.39, 0.29) is 17.1 Å². The van der Waals surface area contributed by atoms with Gasteiger partial charge >= 0.3 is 10.3 Å². The van der Waals surface area contributed by atoms with Crippen molar-refractivity contribution in [2.24, 2.45) is 0 Å². The van der Waals surface area contributed by atoms with Gasteiger partial charge in [0.25, 0.3) is 0 Å². The van der Waals surface area contributed by atoms with Gasteiger partial charge in [-0.15, -0.1) is 0 Å². The van der Waals surface area contributed by atoms with E-state index < -0.39 is 10.3 Å². The van der Waals surface area contributed by atoms with Gasteiger partial charge in [-0.05, 0) is 36.4 Å². The molecule has 0 saturated heterocycles. The third kappa shape index (κ3) is 2.84. The van der Waals surface area contributed by atoms with E-state index in [9.17, 15) is 13.0 Å². The molecule has 2 aromatic carbocycles. The van der Waals surface area contributed by atoms with E-state index in [0.717, 1.165) is 4.31 Å². The summed E-state index contributed by atoms with van der Waals surface area (Å²) < 4.78 is 38.5. The summed E-state index contributed by atoms with van der Waals surface area (Å²) in [5.74, 6) is 0.574. The van der Waals surface area contributed by atoms with Gasteiger partial charge in [0, 0.05) is 0 Å². The second-order valence-corrected chi connectivity index (χ2v) is 5.26. The van der Waals surface area contributed by atoms with E-state index in [0.29, 0.717) is 5.75 Å². The highest BCUT2D eigenvalue weighted by Crippen LogP contribution is 2.33. The molecular formula is C13H14N2O4S. The molecule has 0 fully saturated rings. The maximum absolute atomic E-state index is 11.6. The molecule has 2 rings (SSSR count). The van der Waals surface area contributed by atoms with Crippen LogP contribution in [-0.2, 0) is 10.3 Å². The van der Waals surface area contributed by atoms with E-state index in [1.54, 1.807) is 30.3 Å². The molecule has 6 nitrogen and oxygen atoms in total. The molecule has 7 heteroatoms. The number of hydrogen-bond donors (Lipinski definition) is 2. The lowest BCUT2D eigenvalue weighted by Gasteiger charge is -2.22. The molecule has 2 aromatic rings. The third-order valence-corrected chi connectivity index (χ3v) is 3.56. The van der Waals surface area contributed by atoms with Crippen LogP contribution >= 0.6 is 0 Å². The minimum atomic E-state index is -4.50. The molecule has 0 bridgehead atoms. The van der Waals surface area contributed by atoms with Gasteiger partial charge in [0.05, 0.1) is 24.2 Å². The molecule has 0 aromatic heterocycles. The molecule has 0 aliphatic heterocycles. The Kier molecular flexibility index (Phi) is 3.82. The van der Waals surface area contributed by atoms with Crippen LogP contribution in [0.1, 0.15) is 0 Å². The maximum Gasteiger partial charge on any atom is 0.364 e. The van der Waals surface area contributed by atoms with E-state index in [4.69, 9.17) is 10.5 Å². The highest BCUT2D eigenvalue weighted by molar-refractivity contribution is 7.87. The fraction of sp³-hybridized carbons (Fsp3) is 0.0769. The predicted octanol–water partition coefficient (Wildman–Crippen LogP) is 2.22. The SMILES string of the molecule is COc1ccc(N(c2ccccc2N)S(=O)(=O)O)cc1. The van der Waals surface area contributed by atoms with Crippen LogP contribution in [0.25, 0.3) is 0 Å². The second-order valence-electron chi connectivity index (χ2n) is 4.00. The molecule has 0 spiro atoms. The van der Waals surface area contributed by atoms with E-state index >= 15 is 0 Å². The zero-order chi connectivity index (χ0) is 14.8. The fourth-order valence-corrected chi connectivity index (χ4v) is 2.59. The van der Waals surface area contributed by atoms with Gasteiger partial charge < -0.3 is 10.5 Å². The van der Waals surface area contributed by atoms with Gasteiger partial charge in [0.2, 0.25) is 0 Å². The summed E-state index contributed by atoms with van der Waals surface area (Å²) in [6.45, 7) is 0. The summed E-state index contributed by atoms with van der Waals surface area (Å²) in [4.78, 5) is 0. The molecule has 0 heterocycles. The molecule has 20 heavy (non-hydrogen) atoms. The lowest BCUT2D eigenvalue weighted by atomic mass is 10.2. The summed E-state index contributed by atoms with van der Waals surface area (Å²) in [7, 11) is -3.00. The smallest absolute Gasteiger partial charge is 0.364 e.